The van der Waals surface area contributed by atoms with Gasteiger partial charge in [0.25, 0.3) is 5.91 Å². The fourth-order valence-corrected chi connectivity index (χ4v) is 2.37. The highest BCUT2D eigenvalue weighted by atomic mass is 19.4. The van der Waals surface area contributed by atoms with Gasteiger partial charge in [-0.3, -0.25) is 9.78 Å². The molecule has 0 spiro atoms. The summed E-state index contributed by atoms with van der Waals surface area (Å²) < 4.78 is 43.4. The van der Waals surface area contributed by atoms with Crippen LogP contribution in [0.5, 0.6) is 0 Å². The summed E-state index contributed by atoms with van der Waals surface area (Å²) in [6.07, 6.45) is -1.86. The Kier molecular flexibility index (Phi) is 5.16. The predicted octanol–water partition coefficient (Wildman–Crippen LogP) is 3.24. The number of halogens is 3. The average molecular weight is 392 g/mol. The van der Waals surface area contributed by atoms with Crippen molar-refractivity contribution in [3.8, 4) is 0 Å². The first kappa shape index (κ1) is 19.1. The first-order valence-corrected chi connectivity index (χ1v) is 7.99. The molecule has 11 heteroatoms. The molecule has 0 bridgehead atoms. The number of nitrogen functional groups attached to an aromatic ring is 1. The van der Waals surface area contributed by atoms with Crippen LogP contribution >= 0.6 is 0 Å². The summed E-state index contributed by atoms with van der Waals surface area (Å²) in [5.41, 5.74) is 6.29. The maximum atomic E-state index is 13.0. The molecule has 0 saturated heterocycles. The molecule has 0 aromatic carbocycles. The normalized spacial score (nSPS) is 11.3. The van der Waals surface area contributed by atoms with E-state index in [-0.39, 0.29) is 18.1 Å². The second-order valence-electron chi connectivity index (χ2n) is 5.69. The van der Waals surface area contributed by atoms with Crippen molar-refractivity contribution in [2.45, 2.75) is 19.6 Å². The van der Waals surface area contributed by atoms with Crippen molar-refractivity contribution in [1.29, 1.82) is 0 Å². The molecule has 1 amide bonds. The highest BCUT2D eigenvalue weighted by Gasteiger charge is 2.41. The number of aromatic nitrogens is 3. The van der Waals surface area contributed by atoms with Crippen molar-refractivity contribution >= 4 is 23.1 Å². The van der Waals surface area contributed by atoms with Crippen molar-refractivity contribution in [2.24, 2.45) is 0 Å². The number of pyridine rings is 2. The van der Waals surface area contributed by atoms with Crippen LogP contribution in [0.1, 0.15) is 27.8 Å². The molecule has 4 N–H and O–H groups in total. The van der Waals surface area contributed by atoms with Crippen LogP contribution < -0.4 is 16.4 Å². The number of nitrogens with zero attached hydrogens (tertiary/aromatic N) is 3. The highest BCUT2D eigenvalue weighted by Crippen LogP contribution is 2.33. The molecular formula is C17H15F3N6O2. The van der Waals surface area contributed by atoms with Gasteiger partial charge in [0.1, 0.15) is 5.82 Å². The minimum Gasteiger partial charge on any atom is -0.436 e. The summed E-state index contributed by atoms with van der Waals surface area (Å²) >= 11 is 0. The third kappa shape index (κ3) is 4.37. The van der Waals surface area contributed by atoms with Crippen molar-refractivity contribution in [3.05, 3.63) is 59.7 Å². The van der Waals surface area contributed by atoms with Crippen LogP contribution in [0.25, 0.3) is 0 Å². The Labute approximate surface area is 157 Å². The quantitative estimate of drug-likeness (QED) is 0.610. The van der Waals surface area contributed by atoms with Crippen molar-refractivity contribution in [3.63, 3.8) is 0 Å². The van der Waals surface area contributed by atoms with Gasteiger partial charge >= 0.3 is 6.18 Å². The Hall–Kier alpha value is -3.63. The average Bonchev–Trinajstić information content (AvgIpc) is 3.04. The molecule has 28 heavy (non-hydrogen) atoms. The van der Waals surface area contributed by atoms with Gasteiger partial charge < -0.3 is 20.8 Å². The molecule has 0 aliphatic heterocycles. The Bertz CT molecular complexity index is 1000. The lowest BCUT2D eigenvalue weighted by molar-refractivity contribution is -0.153. The second kappa shape index (κ2) is 7.55. The van der Waals surface area contributed by atoms with E-state index in [1.165, 1.54) is 25.3 Å². The molecule has 3 aromatic heterocycles. The Morgan fingerprint density at radius 2 is 2.04 bits per heavy atom. The zero-order chi connectivity index (χ0) is 20.3. The SMILES string of the molecule is Cc1nc(C(=O)Nc2ccnc(CNc3cccnc3N)c2)c(C(F)(F)F)o1. The molecule has 0 radical (unpaired) electrons. The van der Waals surface area contributed by atoms with Crippen molar-refractivity contribution < 1.29 is 22.4 Å². The summed E-state index contributed by atoms with van der Waals surface area (Å²) in [5, 5.41) is 5.40. The molecule has 146 valence electrons. The molecule has 0 atom stereocenters. The van der Waals surface area contributed by atoms with Gasteiger partial charge in [-0.2, -0.15) is 13.2 Å². The van der Waals surface area contributed by atoms with Gasteiger partial charge in [0.15, 0.2) is 11.6 Å². The van der Waals surface area contributed by atoms with Gasteiger partial charge in [-0.25, -0.2) is 9.97 Å². The molecule has 3 aromatic rings. The Morgan fingerprint density at radius 1 is 1.25 bits per heavy atom. The topological polar surface area (TPSA) is 119 Å². The minimum atomic E-state index is -4.83. The number of nitrogens with one attached hydrogen (secondary N) is 2. The molecule has 3 rings (SSSR count). The number of carbonyl (C=O) groups is 1. The van der Waals surface area contributed by atoms with E-state index in [0.717, 1.165) is 0 Å². The first-order chi connectivity index (χ1) is 13.2. The molecule has 0 saturated carbocycles. The summed E-state index contributed by atoms with van der Waals surface area (Å²) in [6.45, 7) is 1.49. The van der Waals surface area contributed by atoms with E-state index in [4.69, 9.17) is 5.73 Å². The number of hydrogen-bond donors (Lipinski definition) is 3. The summed E-state index contributed by atoms with van der Waals surface area (Å²) in [5.74, 6) is -2.42. The summed E-state index contributed by atoms with van der Waals surface area (Å²) in [7, 11) is 0. The number of amides is 1. The first-order valence-electron chi connectivity index (χ1n) is 7.99. The number of rotatable bonds is 5. The number of hydrogen-bond acceptors (Lipinski definition) is 7. The fraction of sp³-hybridized carbons (Fsp3) is 0.176. The largest absolute Gasteiger partial charge is 0.452 e. The van der Waals surface area contributed by atoms with Gasteiger partial charge in [-0.1, -0.05) is 0 Å². The number of anilines is 3. The summed E-state index contributed by atoms with van der Waals surface area (Å²) in [6, 6.07) is 6.40. The number of nitrogens with two attached hydrogens (primary N) is 1. The number of carbonyl (C=O) groups excluding carboxylic acids is 1. The van der Waals surface area contributed by atoms with Crippen molar-refractivity contribution in [1.82, 2.24) is 15.0 Å². The van der Waals surface area contributed by atoms with Gasteiger partial charge in [-0.05, 0) is 24.3 Å². The van der Waals surface area contributed by atoms with Crippen LogP contribution in [0.4, 0.5) is 30.4 Å². The van der Waals surface area contributed by atoms with Crippen LogP contribution in [0, 0.1) is 6.92 Å². The van der Waals surface area contributed by atoms with E-state index >= 15 is 0 Å². The van der Waals surface area contributed by atoms with E-state index < -0.39 is 23.5 Å². The van der Waals surface area contributed by atoms with Crippen LogP contribution in [-0.4, -0.2) is 20.9 Å². The monoisotopic (exact) mass is 392 g/mol. The van der Waals surface area contributed by atoms with Gasteiger partial charge in [-0.15, -0.1) is 0 Å². The lowest BCUT2D eigenvalue weighted by Gasteiger charge is -2.10. The standard InChI is InChI=1S/C17H15F3N6O2/c1-9-25-13(14(28-9)17(18,19)20)16(27)26-10-4-6-22-11(7-10)8-24-12-3-2-5-23-15(12)21/h2-7,24H,8H2,1H3,(H2,21,23)(H,22,26,27). The van der Waals surface area contributed by atoms with Crippen LogP contribution in [0.15, 0.2) is 41.1 Å². The Morgan fingerprint density at radius 3 is 2.75 bits per heavy atom. The predicted molar refractivity (Wildman–Crippen MR) is 94.4 cm³/mol. The summed E-state index contributed by atoms with van der Waals surface area (Å²) in [4.78, 5) is 23.8. The van der Waals surface area contributed by atoms with Crippen LogP contribution in [0.2, 0.25) is 0 Å². The molecule has 0 fully saturated rings. The number of oxazole rings is 1. The van der Waals surface area contributed by atoms with Crippen molar-refractivity contribution in [2.75, 3.05) is 16.4 Å². The minimum absolute atomic E-state index is 0.254. The Balaban J connectivity index is 1.73. The lowest BCUT2D eigenvalue weighted by Crippen LogP contribution is -2.18. The van der Waals surface area contributed by atoms with E-state index in [1.54, 1.807) is 18.3 Å². The third-order valence-electron chi connectivity index (χ3n) is 3.58. The van der Waals surface area contributed by atoms with Crippen LogP contribution in [-0.2, 0) is 12.7 Å². The third-order valence-corrected chi connectivity index (χ3v) is 3.58. The molecule has 0 aliphatic carbocycles. The second-order valence-corrected chi connectivity index (χ2v) is 5.69. The smallest absolute Gasteiger partial charge is 0.436 e. The fourth-order valence-electron chi connectivity index (χ4n) is 2.37. The maximum absolute atomic E-state index is 13.0. The lowest BCUT2D eigenvalue weighted by atomic mass is 10.2. The highest BCUT2D eigenvalue weighted by molar-refractivity contribution is 6.03. The van der Waals surface area contributed by atoms with Gasteiger partial charge in [0.05, 0.1) is 17.9 Å². The van der Waals surface area contributed by atoms with E-state index in [1.807, 2.05) is 0 Å². The zero-order valence-electron chi connectivity index (χ0n) is 14.5. The molecule has 0 aliphatic rings. The van der Waals surface area contributed by atoms with Crippen LogP contribution in [0.3, 0.4) is 0 Å². The van der Waals surface area contributed by atoms with Gasteiger partial charge in [0, 0.05) is 25.0 Å². The molecule has 0 unspecified atom stereocenters. The number of aryl methyl sites for hydroxylation is 1. The number of alkyl halides is 3. The molecule has 8 nitrogen and oxygen atoms in total. The van der Waals surface area contributed by atoms with E-state index in [2.05, 4.69) is 30.0 Å². The zero-order valence-corrected chi connectivity index (χ0v) is 14.5. The molecule has 3 heterocycles. The van der Waals surface area contributed by atoms with E-state index in [9.17, 15) is 18.0 Å². The van der Waals surface area contributed by atoms with Gasteiger partial charge in [0.2, 0.25) is 5.76 Å². The van der Waals surface area contributed by atoms with E-state index in [0.29, 0.717) is 17.2 Å². The molecular weight excluding hydrogens is 377 g/mol. The maximum Gasteiger partial charge on any atom is 0.452 e.